The van der Waals surface area contributed by atoms with Crippen LogP contribution >= 0.6 is 29.6 Å². The molecule has 0 saturated heterocycles. The third kappa shape index (κ3) is 42.2. The summed E-state index contributed by atoms with van der Waals surface area (Å²) in [4.78, 5) is 0. The van der Waals surface area contributed by atoms with Crippen LogP contribution in [0.2, 0.25) is 0 Å². The van der Waals surface area contributed by atoms with Gasteiger partial charge in [0.25, 0.3) is 0 Å². The molecule has 0 aromatic carbocycles. The van der Waals surface area contributed by atoms with Crippen molar-refractivity contribution in [3.63, 3.8) is 0 Å². The summed E-state index contributed by atoms with van der Waals surface area (Å²) in [5, 5.41) is 8.63. The second-order valence-corrected chi connectivity index (χ2v) is 0.300. The van der Waals surface area contributed by atoms with Crippen molar-refractivity contribution in [1.82, 2.24) is 0 Å². The minimum absolute atomic E-state index is 0. The zero-order chi connectivity index (χ0) is 2.71. The summed E-state index contributed by atoms with van der Waals surface area (Å²) in [5.74, 6) is 0. The fourth-order valence-corrected chi connectivity index (χ4v) is 0. The molecule has 0 aliphatic heterocycles. The Hall–Kier alpha value is 1.06. The van der Waals surface area contributed by atoms with Crippen LogP contribution in [0.5, 0.6) is 0 Å². The average molecular weight is 248 g/mol. The molecule has 0 N–H and O–H groups in total. The van der Waals surface area contributed by atoms with Gasteiger partial charge in [0.15, 0.2) is 0 Å². The van der Waals surface area contributed by atoms with Crippen molar-refractivity contribution in [3.8, 4) is 5.40 Å². The Balaban J connectivity index is -0.0000000200. The van der Waals surface area contributed by atoms with Crippen molar-refractivity contribution >= 4 is 29.6 Å². The molecule has 0 aromatic heterocycles. The van der Waals surface area contributed by atoms with Gasteiger partial charge in [-0.25, -0.2) is 0 Å². The Bertz CT molecular complexity index is 33.1. The molecule has 0 bridgehead atoms. The minimum Gasteiger partial charge on any atom is -0.185 e. The van der Waals surface area contributed by atoms with Crippen LogP contribution in [0.3, 0.4) is 0 Å². The molecule has 1 radical (unpaired) electrons. The zero-order valence-electron chi connectivity index (χ0n) is 2.10. The molecule has 5 heavy (non-hydrogen) atoms. The molecule has 0 rings (SSSR count). The monoisotopic (exact) mass is 246 g/mol. The summed E-state index contributed by atoms with van der Waals surface area (Å²) >= 11 is 3.09. The summed E-state index contributed by atoms with van der Waals surface area (Å²) in [6, 6.07) is 0. The maximum atomic E-state index is 7.18. The van der Waals surface area contributed by atoms with E-state index in [1.807, 2.05) is 0 Å². The van der Waals surface area contributed by atoms with E-state index in [0.29, 0.717) is 0 Å². The van der Waals surface area contributed by atoms with E-state index in [1.165, 1.54) is 5.40 Å². The number of rotatable bonds is 0. The standard InChI is InChI=1S/CHNS.Ag.BrH/c2-1-3;;/h3H;;1H. The summed E-state index contributed by atoms with van der Waals surface area (Å²) in [7, 11) is 0. The molecule has 0 atom stereocenters. The van der Waals surface area contributed by atoms with Crippen molar-refractivity contribution in [1.29, 1.82) is 5.26 Å². The minimum atomic E-state index is 0. The summed E-state index contributed by atoms with van der Waals surface area (Å²) < 4.78 is 0. The van der Waals surface area contributed by atoms with Gasteiger partial charge in [-0.15, -0.1) is 17.0 Å². The largest absolute Gasteiger partial charge is 0.185 e. The van der Waals surface area contributed by atoms with Crippen LogP contribution in [0, 0.1) is 10.7 Å². The van der Waals surface area contributed by atoms with Crippen molar-refractivity contribution in [2.45, 2.75) is 0 Å². The Kier molecular flexibility index (Phi) is 65.1. The first-order valence-electron chi connectivity index (χ1n) is 0.447. The van der Waals surface area contributed by atoms with Gasteiger partial charge >= 0.3 is 0 Å². The Morgan fingerprint density at radius 2 is 1.60 bits per heavy atom. The van der Waals surface area contributed by atoms with E-state index in [-0.39, 0.29) is 39.4 Å². The molecule has 0 aliphatic rings. The predicted octanol–water partition coefficient (Wildman–Crippen LogP) is 0.973. The molecule has 0 aromatic rings. The van der Waals surface area contributed by atoms with Gasteiger partial charge in [0.05, 0.1) is 0 Å². The van der Waals surface area contributed by atoms with Gasteiger partial charge in [-0.05, 0) is 0 Å². The van der Waals surface area contributed by atoms with Crippen LogP contribution in [-0.2, 0) is 22.4 Å². The molecule has 4 heteroatoms. The Morgan fingerprint density at radius 3 is 1.60 bits per heavy atom. The number of hydrogen-bond donors (Lipinski definition) is 1. The van der Waals surface area contributed by atoms with Gasteiger partial charge in [-0.3, -0.25) is 0 Å². The third-order valence-corrected chi connectivity index (χ3v) is 0. The molecule has 0 saturated carbocycles. The third-order valence-electron chi connectivity index (χ3n) is 0. The first-order chi connectivity index (χ1) is 1.41. The fraction of sp³-hybridized carbons (Fsp3) is 0. The van der Waals surface area contributed by atoms with Gasteiger partial charge in [0.2, 0.25) is 0 Å². The van der Waals surface area contributed by atoms with E-state index in [1.54, 1.807) is 0 Å². The average Bonchev–Trinajstić information content (AvgIpc) is 0.918. The van der Waals surface area contributed by atoms with Gasteiger partial charge in [0.1, 0.15) is 5.40 Å². The van der Waals surface area contributed by atoms with Crippen LogP contribution in [0.25, 0.3) is 0 Å². The Labute approximate surface area is 62.4 Å². The van der Waals surface area contributed by atoms with Gasteiger partial charge in [-0.2, -0.15) is 5.26 Å². The smallest absolute Gasteiger partial charge is 0.130 e. The Morgan fingerprint density at radius 1 is 1.60 bits per heavy atom. The predicted molar refractivity (Wildman–Crippen MR) is 24.9 cm³/mol. The molecule has 0 aliphatic carbocycles. The number of thiol groups is 1. The first-order valence-corrected chi connectivity index (χ1v) is 0.894. The molecular formula is CH2AgBrNS. The van der Waals surface area contributed by atoms with Gasteiger partial charge in [0, 0.05) is 22.4 Å². The molecule has 0 spiro atoms. The van der Waals surface area contributed by atoms with Crippen molar-refractivity contribution < 1.29 is 22.4 Å². The van der Waals surface area contributed by atoms with Crippen LogP contribution in [0.1, 0.15) is 0 Å². The van der Waals surface area contributed by atoms with E-state index in [2.05, 4.69) is 12.6 Å². The molecule has 0 unspecified atom stereocenters. The second-order valence-electron chi connectivity index (χ2n) is 0.100. The van der Waals surface area contributed by atoms with E-state index in [4.69, 9.17) is 5.26 Å². The first kappa shape index (κ1) is 16.6. The number of nitriles is 1. The molecule has 0 fully saturated rings. The summed E-state index contributed by atoms with van der Waals surface area (Å²) in [6.45, 7) is 0. The maximum Gasteiger partial charge on any atom is 0.130 e. The van der Waals surface area contributed by atoms with E-state index < -0.39 is 0 Å². The van der Waals surface area contributed by atoms with Crippen LogP contribution in [0.15, 0.2) is 0 Å². The molecule has 35 valence electrons. The summed E-state index contributed by atoms with van der Waals surface area (Å²) in [6.07, 6.45) is 0. The summed E-state index contributed by atoms with van der Waals surface area (Å²) in [5.41, 5.74) is 0. The normalized spacial score (nSPS) is 1.60. The van der Waals surface area contributed by atoms with Gasteiger partial charge in [-0.1, -0.05) is 12.6 Å². The second kappa shape index (κ2) is 19.7. The molecule has 0 heterocycles. The molecular weight excluding hydrogens is 246 g/mol. The maximum absolute atomic E-state index is 7.18. The number of hydrogen-bond acceptors (Lipinski definition) is 2. The quantitative estimate of drug-likeness (QED) is 0.385. The van der Waals surface area contributed by atoms with E-state index >= 15 is 0 Å². The van der Waals surface area contributed by atoms with E-state index in [0.717, 1.165) is 0 Å². The van der Waals surface area contributed by atoms with Crippen molar-refractivity contribution in [2.24, 2.45) is 0 Å². The van der Waals surface area contributed by atoms with Crippen LogP contribution < -0.4 is 0 Å². The SMILES string of the molecule is Br.N#CS.[Ag]. The van der Waals surface area contributed by atoms with Crippen molar-refractivity contribution in [2.75, 3.05) is 0 Å². The van der Waals surface area contributed by atoms with Crippen molar-refractivity contribution in [3.05, 3.63) is 0 Å². The number of halogens is 1. The number of thiocyanates is 1. The fourth-order valence-electron chi connectivity index (χ4n) is 0. The zero-order valence-corrected chi connectivity index (χ0v) is 6.19. The van der Waals surface area contributed by atoms with Gasteiger partial charge < -0.3 is 0 Å². The number of nitrogens with zero attached hydrogens (tertiary/aromatic N) is 1. The molecule has 1 nitrogen and oxygen atoms in total. The topological polar surface area (TPSA) is 23.8 Å². The molecule has 0 amide bonds. The van der Waals surface area contributed by atoms with E-state index in [9.17, 15) is 0 Å². The van der Waals surface area contributed by atoms with Crippen LogP contribution in [0.4, 0.5) is 0 Å². The van der Waals surface area contributed by atoms with Crippen LogP contribution in [-0.4, -0.2) is 0 Å².